The summed E-state index contributed by atoms with van der Waals surface area (Å²) in [6.45, 7) is 1.36. The third-order valence-corrected chi connectivity index (χ3v) is 7.32. The summed E-state index contributed by atoms with van der Waals surface area (Å²) in [5.74, 6) is 2.22. The molecular formula is C24H26ClN3O3S. The molecule has 1 atom stereocenters. The average molecular weight is 472 g/mol. The normalized spacial score (nSPS) is 16.5. The number of hydrogen-bond donors (Lipinski definition) is 0. The Bertz CT molecular complexity index is 1120. The Morgan fingerprint density at radius 1 is 1.12 bits per heavy atom. The van der Waals surface area contributed by atoms with Crippen LogP contribution in [0.25, 0.3) is 11.3 Å². The Balaban J connectivity index is 1.55. The van der Waals surface area contributed by atoms with E-state index >= 15 is 0 Å². The van der Waals surface area contributed by atoms with Crippen molar-refractivity contribution in [2.45, 2.75) is 11.7 Å². The second kappa shape index (κ2) is 9.88. The van der Waals surface area contributed by atoms with Gasteiger partial charge in [0, 0.05) is 41.7 Å². The van der Waals surface area contributed by atoms with Gasteiger partial charge in [-0.2, -0.15) is 16.9 Å². The molecule has 0 aliphatic carbocycles. The van der Waals surface area contributed by atoms with Crippen LogP contribution in [0, 0.1) is 0 Å². The SMILES string of the molecule is COc1ccc(OC)c(-c2cc(C(=O)N3CCSC(c4ccccc4Cl)CC3)n(C)n2)c1. The van der Waals surface area contributed by atoms with E-state index in [0.29, 0.717) is 36.0 Å². The van der Waals surface area contributed by atoms with Crippen LogP contribution in [0.1, 0.15) is 27.7 Å². The monoisotopic (exact) mass is 471 g/mol. The van der Waals surface area contributed by atoms with E-state index in [1.165, 1.54) is 0 Å². The molecule has 0 bridgehead atoms. The predicted molar refractivity (Wildman–Crippen MR) is 129 cm³/mol. The summed E-state index contributed by atoms with van der Waals surface area (Å²) < 4.78 is 12.5. The fourth-order valence-corrected chi connectivity index (χ4v) is 5.53. The first kappa shape index (κ1) is 22.6. The molecule has 4 rings (SSSR count). The highest BCUT2D eigenvalue weighted by Gasteiger charge is 2.26. The molecule has 1 aliphatic rings. The van der Waals surface area contributed by atoms with E-state index in [1.54, 1.807) is 25.9 Å². The van der Waals surface area contributed by atoms with Crippen molar-refractivity contribution in [3.05, 3.63) is 64.8 Å². The topological polar surface area (TPSA) is 56.6 Å². The first-order valence-corrected chi connectivity index (χ1v) is 11.9. The molecule has 1 saturated heterocycles. The summed E-state index contributed by atoms with van der Waals surface area (Å²) in [6.07, 6.45) is 0.856. The van der Waals surface area contributed by atoms with E-state index in [0.717, 1.165) is 28.3 Å². The summed E-state index contributed by atoms with van der Waals surface area (Å²) >= 11 is 8.26. The number of amides is 1. The van der Waals surface area contributed by atoms with Crippen molar-refractivity contribution >= 4 is 29.3 Å². The Morgan fingerprint density at radius 3 is 2.69 bits per heavy atom. The van der Waals surface area contributed by atoms with Crippen LogP contribution >= 0.6 is 23.4 Å². The molecule has 0 spiro atoms. The lowest BCUT2D eigenvalue weighted by Crippen LogP contribution is -2.34. The molecule has 0 N–H and O–H groups in total. The van der Waals surface area contributed by atoms with E-state index < -0.39 is 0 Å². The molecule has 1 unspecified atom stereocenters. The Labute approximate surface area is 197 Å². The van der Waals surface area contributed by atoms with Gasteiger partial charge >= 0.3 is 0 Å². The number of benzene rings is 2. The maximum absolute atomic E-state index is 13.4. The maximum atomic E-state index is 13.4. The summed E-state index contributed by atoms with van der Waals surface area (Å²) in [4.78, 5) is 15.3. The minimum Gasteiger partial charge on any atom is -0.497 e. The first-order chi connectivity index (χ1) is 15.5. The van der Waals surface area contributed by atoms with Gasteiger partial charge in [-0.15, -0.1) is 0 Å². The van der Waals surface area contributed by atoms with Crippen molar-refractivity contribution in [1.82, 2.24) is 14.7 Å². The highest BCUT2D eigenvalue weighted by atomic mass is 35.5. The van der Waals surface area contributed by atoms with Crippen molar-refractivity contribution in [3.8, 4) is 22.8 Å². The molecule has 0 radical (unpaired) electrons. The molecule has 1 aliphatic heterocycles. The number of thioether (sulfide) groups is 1. The molecule has 2 heterocycles. The van der Waals surface area contributed by atoms with Gasteiger partial charge in [0.25, 0.3) is 5.91 Å². The van der Waals surface area contributed by atoms with Crippen molar-refractivity contribution in [3.63, 3.8) is 0 Å². The van der Waals surface area contributed by atoms with Crippen LogP contribution in [-0.2, 0) is 7.05 Å². The fourth-order valence-electron chi connectivity index (χ4n) is 3.93. The smallest absolute Gasteiger partial charge is 0.272 e. The maximum Gasteiger partial charge on any atom is 0.272 e. The standard InChI is InChI=1S/C24H26ClN3O3S/c1-27-21(15-20(26-27)18-14-16(30-2)8-9-22(18)31-3)24(29)28-11-10-23(32-13-12-28)17-6-4-5-7-19(17)25/h4-9,14-15,23H,10-13H2,1-3H3. The van der Waals surface area contributed by atoms with Crippen LogP contribution in [-0.4, -0.2) is 53.6 Å². The molecule has 1 fully saturated rings. The van der Waals surface area contributed by atoms with E-state index in [9.17, 15) is 4.79 Å². The van der Waals surface area contributed by atoms with Crippen LogP contribution in [0.4, 0.5) is 0 Å². The molecule has 8 heteroatoms. The zero-order valence-corrected chi connectivity index (χ0v) is 19.9. The summed E-state index contributed by atoms with van der Waals surface area (Å²) in [5.41, 5.74) is 3.14. The van der Waals surface area contributed by atoms with E-state index in [-0.39, 0.29) is 11.2 Å². The Hall–Kier alpha value is -2.64. The van der Waals surface area contributed by atoms with E-state index in [1.807, 2.05) is 59.1 Å². The number of methoxy groups -OCH3 is 2. The van der Waals surface area contributed by atoms with Gasteiger partial charge in [-0.1, -0.05) is 29.8 Å². The number of aryl methyl sites for hydroxylation is 1. The lowest BCUT2D eigenvalue weighted by molar-refractivity contribution is 0.0755. The van der Waals surface area contributed by atoms with Crippen molar-refractivity contribution < 1.29 is 14.3 Å². The van der Waals surface area contributed by atoms with Crippen molar-refractivity contribution in [2.75, 3.05) is 33.1 Å². The number of hydrogen-bond acceptors (Lipinski definition) is 5. The van der Waals surface area contributed by atoms with E-state index in [4.69, 9.17) is 21.1 Å². The minimum atomic E-state index is -0.0199. The second-order valence-corrected chi connectivity index (χ2v) is 9.28. The highest BCUT2D eigenvalue weighted by molar-refractivity contribution is 7.99. The third-order valence-electron chi connectivity index (χ3n) is 5.66. The molecule has 2 aromatic carbocycles. The number of aromatic nitrogens is 2. The number of carbonyl (C=O) groups is 1. The number of rotatable bonds is 5. The molecule has 1 amide bonds. The third kappa shape index (κ3) is 4.59. The summed E-state index contributed by atoms with van der Waals surface area (Å²) in [5, 5.41) is 5.66. The van der Waals surface area contributed by atoms with Crippen LogP contribution in [0.3, 0.4) is 0 Å². The molecule has 32 heavy (non-hydrogen) atoms. The number of carbonyl (C=O) groups excluding carboxylic acids is 1. The predicted octanol–water partition coefficient (Wildman–Crippen LogP) is 5.08. The first-order valence-electron chi connectivity index (χ1n) is 10.4. The van der Waals surface area contributed by atoms with Gasteiger partial charge in [-0.3, -0.25) is 9.48 Å². The van der Waals surface area contributed by atoms with Gasteiger partial charge in [-0.05, 0) is 42.3 Å². The van der Waals surface area contributed by atoms with E-state index in [2.05, 4.69) is 11.2 Å². The van der Waals surface area contributed by atoms with Gasteiger partial charge in [0.15, 0.2) is 0 Å². The van der Waals surface area contributed by atoms with Crippen LogP contribution in [0.5, 0.6) is 11.5 Å². The summed E-state index contributed by atoms with van der Waals surface area (Å²) in [7, 11) is 5.03. The summed E-state index contributed by atoms with van der Waals surface area (Å²) in [6, 6.07) is 15.3. The van der Waals surface area contributed by atoms with Gasteiger partial charge < -0.3 is 14.4 Å². The van der Waals surface area contributed by atoms with Gasteiger partial charge in [0.1, 0.15) is 17.2 Å². The lowest BCUT2D eigenvalue weighted by atomic mass is 10.1. The Kier molecular flexibility index (Phi) is 6.96. The number of ether oxygens (including phenoxy) is 2. The van der Waals surface area contributed by atoms with Crippen LogP contribution < -0.4 is 9.47 Å². The molecule has 1 aromatic heterocycles. The lowest BCUT2D eigenvalue weighted by Gasteiger charge is -2.20. The zero-order chi connectivity index (χ0) is 22.7. The van der Waals surface area contributed by atoms with Crippen LogP contribution in [0.2, 0.25) is 5.02 Å². The Morgan fingerprint density at radius 2 is 1.94 bits per heavy atom. The molecule has 168 valence electrons. The second-order valence-electron chi connectivity index (χ2n) is 7.57. The van der Waals surface area contributed by atoms with Gasteiger partial charge in [0.05, 0.1) is 19.9 Å². The highest BCUT2D eigenvalue weighted by Crippen LogP contribution is 2.38. The largest absolute Gasteiger partial charge is 0.497 e. The average Bonchev–Trinajstić information content (AvgIpc) is 3.03. The van der Waals surface area contributed by atoms with Gasteiger partial charge in [0.2, 0.25) is 0 Å². The minimum absolute atomic E-state index is 0.0199. The number of nitrogens with zero attached hydrogens (tertiary/aromatic N) is 3. The van der Waals surface area contributed by atoms with Crippen LogP contribution in [0.15, 0.2) is 48.5 Å². The molecule has 3 aromatic rings. The fraction of sp³-hybridized carbons (Fsp3) is 0.333. The molecular weight excluding hydrogens is 446 g/mol. The molecule has 6 nitrogen and oxygen atoms in total. The van der Waals surface area contributed by atoms with Crippen molar-refractivity contribution in [2.24, 2.45) is 7.05 Å². The number of halogens is 1. The van der Waals surface area contributed by atoms with Gasteiger partial charge in [-0.25, -0.2) is 0 Å². The van der Waals surface area contributed by atoms with Crippen molar-refractivity contribution in [1.29, 1.82) is 0 Å². The zero-order valence-electron chi connectivity index (χ0n) is 18.4. The molecule has 0 saturated carbocycles. The quantitative estimate of drug-likeness (QED) is 0.519.